The quantitative estimate of drug-likeness (QED) is 0.761. The van der Waals surface area contributed by atoms with Crippen molar-refractivity contribution in [3.05, 3.63) is 60.6 Å². The number of anilines is 1. The van der Waals surface area contributed by atoms with Crippen LogP contribution >= 0.6 is 0 Å². The van der Waals surface area contributed by atoms with Gasteiger partial charge < -0.3 is 15.0 Å². The van der Waals surface area contributed by atoms with Gasteiger partial charge in [0.25, 0.3) is 0 Å². The van der Waals surface area contributed by atoms with Crippen LogP contribution < -0.4 is 10.1 Å². The first-order valence-electron chi connectivity index (χ1n) is 8.64. The molecule has 0 bridgehead atoms. The summed E-state index contributed by atoms with van der Waals surface area (Å²) in [5, 5.41) is 4.85. The SMILES string of the molecule is COc1nccc2c(NC(=O)N(Cc3ccncc3)C3CC3)cccc12. The highest BCUT2D eigenvalue weighted by atomic mass is 16.5. The number of aromatic nitrogens is 2. The third-order valence-corrected chi connectivity index (χ3v) is 4.56. The highest BCUT2D eigenvalue weighted by Crippen LogP contribution is 2.31. The van der Waals surface area contributed by atoms with Crippen LogP contribution in [-0.4, -0.2) is 34.1 Å². The van der Waals surface area contributed by atoms with E-state index in [1.807, 2.05) is 41.3 Å². The van der Waals surface area contributed by atoms with Gasteiger partial charge in [-0.1, -0.05) is 6.07 Å². The van der Waals surface area contributed by atoms with Crippen molar-refractivity contribution in [2.24, 2.45) is 0 Å². The average molecular weight is 348 g/mol. The van der Waals surface area contributed by atoms with E-state index in [1.165, 1.54) is 0 Å². The number of methoxy groups -OCH3 is 1. The minimum atomic E-state index is -0.0902. The molecule has 1 aliphatic carbocycles. The summed E-state index contributed by atoms with van der Waals surface area (Å²) in [5.74, 6) is 0.550. The highest BCUT2D eigenvalue weighted by Gasteiger charge is 2.32. The maximum atomic E-state index is 12.9. The Balaban J connectivity index is 1.59. The van der Waals surface area contributed by atoms with Crippen LogP contribution in [0.15, 0.2) is 55.0 Å². The standard InChI is InChI=1S/C20H20N4O2/c1-26-19-17-3-2-4-18(16(17)9-12-22-19)23-20(25)24(15-5-6-15)13-14-7-10-21-11-8-14/h2-4,7-12,15H,5-6,13H2,1H3,(H,23,25). The van der Waals surface area contributed by atoms with Crippen molar-refractivity contribution < 1.29 is 9.53 Å². The Hall–Kier alpha value is -3.15. The lowest BCUT2D eigenvalue weighted by molar-refractivity contribution is 0.206. The van der Waals surface area contributed by atoms with E-state index < -0.39 is 0 Å². The number of ether oxygens (including phenoxy) is 1. The van der Waals surface area contributed by atoms with E-state index in [9.17, 15) is 4.79 Å². The lowest BCUT2D eigenvalue weighted by Gasteiger charge is -2.23. The van der Waals surface area contributed by atoms with Crippen LogP contribution in [0.5, 0.6) is 5.88 Å². The second-order valence-electron chi connectivity index (χ2n) is 6.37. The molecule has 26 heavy (non-hydrogen) atoms. The second-order valence-corrected chi connectivity index (χ2v) is 6.37. The smallest absolute Gasteiger partial charge is 0.322 e. The number of benzene rings is 1. The zero-order valence-corrected chi connectivity index (χ0v) is 14.6. The predicted octanol–water partition coefficient (Wildman–Crippen LogP) is 3.83. The monoisotopic (exact) mass is 348 g/mol. The molecule has 0 atom stereocenters. The Kier molecular flexibility index (Phi) is 4.39. The van der Waals surface area contributed by atoms with Crippen LogP contribution in [-0.2, 0) is 6.54 Å². The lowest BCUT2D eigenvalue weighted by Crippen LogP contribution is -2.36. The van der Waals surface area contributed by atoms with Crippen molar-refractivity contribution in [2.45, 2.75) is 25.4 Å². The van der Waals surface area contributed by atoms with Crippen LogP contribution in [0.2, 0.25) is 0 Å². The second kappa shape index (κ2) is 7.00. The van der Waals surface area contributed by atoms with E-state index in [1.54, 1.807) is 25.7 Å². The number of carbonyl (C=O) groups is 1. The minimum absolute atomic E-state index is 0.0902. The average Bonchev–Trinajstić information content (AvgIpc) is 3.51. The summed E-state index contributed by atoms with van der Waals surface area (Å²) in [7, 11) is 1.59. The first-order valence-corrected chi connectivity index (χ1v) is 8.64. The maximum Gasteiger partial charge on any atom is 0.322 e. The fourth-order valence-electron chi connectivity index (χ4n) is 3.08. The van der Waals surface area contributed by atoms with Gasteiger partial charge in [0.1, 0.15) is 0 Å². The molecule has 0 radical (unpaired) electrons. The number of pyridine rings is 2. The Bertz CT molecular complexity index is 926. The van der Waals surface area contributed by atoms with Gasteiger partial charge in [-0.15, -0.1) is 0 Å². The van der Waals surface area contributed by atoms with Gasteiger partial charge >= 0.3 is 6.03 Å². The molecule has 132 valence electrons. The Morgan fingerprint density at radius 1 is 1.15 bits per heavy atom. The minimum Gasteiger partial charge on any atom is -0.481 e. The van der Waals surface area contributed by atoms with Crippen molar-refractivity contribution in [3.8, 4) is 5.88 Å². The predicted molar refractivity (Wildman–Crippen MR) is 100 cm³/mol. The van der Waals surface area contributed by atoms with Gasteiger partial charge in [-0.3, -0.25) is 4.98 Å². The number of amides is 2. The van der Waals surface area contributed by atoms with E-state index in [-0.39, 0.29) is 6.03 Å². The van der Waals surface area contributed by atoms with Crippen LogP contribution in [0.4, 0.5) is 10.5 Å². The molecule has 0 aliphatic heterocycles. The molecule has 1 fully saturated rings. The molecule has 1 N–H and O–H groups in total. The highest BCUT2D eigenvalue weighted by molar-refractivity contribution is 6.03. The molecule has 6 heteroatoms. The summed E-state index contributed by atoms with van der Waals surface area (Å²) < 4.78 is 5.32. The molecule has 2 aromatic heterocycles. The van der Waals surface area contributed by atoms with Crippen LogP contribution in [0.1, 0.15) is 18.4 Å². The van der Waals surface area contributed by atoms with Crippen LogP contribution in [0.25, 0.3) is 10.8 Å². The summed E-state index contributed by atoms with van der Waals surface area (Å²) in [6.07, 6.45) is 7.29. The van der Waals surface area contributed by atoms with E-state index in [2.05, 4.69) is 15.3 Å². The number of hydrogen-bond acceptors (Lipinski definition) is 4. The zero-order valence-electron chi connectivity index (χ0n) is 14.6. The number of rotatable bonds is 5. The van der Waals surface area contributed by atoms with Gasteiger partial charge in [-0.25, -0.2) is 9.78 Å². The molecule has 2 heterocycles. The molecule has 0 unspecified atom stereocenters. The van der Waals surface area contributed by atoms with Gasteiger partial charge in [0.05, 0.1) is 12.8 Å². The summed E-state index contributed by atoms with van der Waals surface area (Å²) in [4.78, 5) is 23.1. The van der Waals surface area contributed by atoms with Crippen molar-refractivity contribution >= 4 is 22.5 Å². The van der Waals surface area contributed by atoms with E-state index in [0.717, 1.165) is 34.9 Å². The summed E-state index contributed by atoms with van der Waals surface area (Å²) in [5.41, 5.74) is 1.83. The summed E-state index contributed by atoms with van der Waals surface area (Å²) >= 11 is 0. The Morgan fingerprint density at radius 3 is 2.69 bits per heavy atom. The molecule has 1 aliphatic rings. The van der Waals surface area contributed by atoms with Gasteiger partial charge in [0.2, 0.25) is 5.88 Å². The van der Waals surface area contributed by atoms with Gasteiger partial charge in [0.15, 0.2) is 0 Å². The number of nitrogens with zero attached hydrogens (tertiary/aromatic N) is 3. The molecule has 0 spiro atoms. The molecule has 1 saturated carbocycles. The number of carbonyl (C=O) groups excluding carboxylic acids is 1. The molecule has 2 amide bonds. The molecule has 6 nitrogen and oxygen atoms in total. The van der Waals surface area contributed by atoms with Crippen molar-refractivity contribution in [3.63, 3.8) is 0 Å². The number of fused-ring (bicyclic) bond motifs is 1. The third kappa shape index (κ3) is 3.31. The van der Waals surface area contributed by atoms with Gasteiger partial charge in [-0.05, 0) is 48.7 Å². The number of hydrogen-bond donors (Lipinski definition) is 1. The molecular weight excluding hydrogens is 328 g/mol. The van der Waals surface area contributed by atoms with Crippen LogP contribution in [0.3, 0.4) is 0 Å². The topological polar surface area (TPSA) is 67.3 Å². The Morgan fingerprint density at radius 2 is 1.96 bits per heavy atom. The summed E-state index contributed by atoms with van der Waals surface area (Å²) in [6.45, 7) is 0.578. The van der Waals surface area contributed by atoms with Crippen LogP contribution in [0, 0.1) is 0 Å². The normalized spacial score (nSPS) is 13.4. The molecule has 1 aromatic carbocycles. The summed E-state index contributed by atoms with van der Waals surface area (Å²) in [6, 6.07) is 11.7. The van der Waals surface area contributed by atoms with Gasteiger partial charge in [-0.2, -0.15) is 0 Å². The third-order valence-electron chi connectivity index (χ3n) is 4.56. The fraction of sp³-hybridized carbons (Fsp3) is 0.250. The van der Waals surface area contributed by atoms with Crippen molar-refractivity contribution in [1.82, 2.24) is 14.9 Å². The molecule has 4 rings (SSSR count). The number of urea groups is 1. The zero-order chi connectivity index (χ0) is 17.9. The van der Waals surface area contributed by atoms with E-state index >= 15 is 0 Å². The number of nitrogens with one attached hydrogen (secondary N) is 1. The first-order chi connectivity index (χ1) is 12.8. The lowest BCUT2D eigenvalue weighted by atomic mass is 10.1. The largest absolute Gasteiger partial charge is 0.481 e. The fourth-order valence-corrected chi connectivity index (χ4v) is 3.08. The molecular formula is C20H20N4O2. The first kappa shape index (κ1) is 16.3. The van der Waals surface area contributed by atoms with Crippen molar-refractivity contribution in [1.29, 1.82) is 0 Å². The van der Waals surface area contributed by atoms with E-state index in [0.29, 0.717) is 18.5 Å². The molecule has 0 saturated heterocycles. The Labute approximate surface area is 151 Å². The van der Waals surface area contributed by atoms with Crippen molar-refractivity contribution in [2.75, 3.05) is 12.4 Å². The molecule has 3 aromatic rings. The van der Waals surface area contributed by atoms with E-state index in [4.69, 9.17) is 4.74 Å². The maximum absolute atomic E-state index is 12.9. The van der Waals surface area contributed by atoms with Gasteiger partial charge in [0, 0.05) is 41.9 Å².